The van der Waals surface area contributed by atoms with Crippen LogP contribution in [0.25, 0.3) is 11.0 Å². The maximum Gasteiger partial charge on any atom is 0.125 e. The van der Waals surface area contributed by atoms with Gasteiger partial charge in [-0.25, -0.2) is 4.98 Å². The van der Waals surface area contributed by atoms with Crippen LogP contribution in [-0.2, 0) is 5.88 Å². The molecule has 1 aromatic carbocycles. The normalized spacial score (nSPS) is 18.2. The van der Waals surface area contributed by atoms with Crippen molar-refractivity contribution in [3.05, 3.63) is 27.6 Å². The number of hydrogen-bond donors (Lipinski definition) is 0. The Balaban J connectivity index is 2.07. The second-order valence-electron chi connectivity index (χ2n) is 6.04. The van der Waals surface area contributed by atoms with Crippen LogP contribution in [0.2, 0.25) is 0 Å². The molecular weight excluding hydrogens is 395 g/mol. The van der Waals surface area contributed by atoms with Gasteiger partial charge in [-0.1, -0.05) is 26.2 Å². The van der Waals surface area contributed by atoms with Crippen molar-refractivity contribution in [1.29, 1.82) is 0 Å². The van der Waals surface area contributed by atoms with Gasteiger partial charge in [-0.3, -0.25) is 0 Å². The second kappa shape index (κ2) is 6.86. The average molecular weight is 417 g/mol. The lowest BCUT2D eigenvalue weighted by atomic mass is 9.82. The topological polar surface area (TPSA) is 17.8 Å². The van der Waals surface area contributed by atoms with Gasteiger partial charge in [0.15, 0.2) is 0 Å². The van der Waals surface area contributed by atoms with Crippen LogP contribution in [-0.4, -0.2) is 9.55 Å². The first-order valence-electron chi connectivity index (χ1n) is 7.97. The van der Waals surface area contributed by atoms with Gasteiger partial charge < -0.3 is 4.57 Å². The van der Waals surface area contributed by atoms with Gasteiger partial charge in [-0.2, -0.15) is 0 Å². The summed E-state index contributed by atoms with van der Waals surface area (Å²) in [7, 11) is 0. The summed E-state index contributed by atoms with van der Waals surface area (Å²) in [6.45, 7) is 2.30. The third-order valence-electron chi connectivity index (χ3n) is 4.79. The van der Waals surface area contributed by atoms with Gasteiger partial charge in [0.25, 0.3) is 0 Å². The Hall–Kier alpha value is -0.290. The van der Waals surface area contributed by atoms with Crippen molar-refractivity contribution < 1.29 is 0 Å². The highest BCUT2D eigenvalue weighted by Crippen LogP contribution is 2.37. The van der Waals surface area contributed by atoms with E-state index in [4.69, 9.17) is 16.6 Å². The van der Waals surface area contributed by atoms with Gasteiger partial charge >= 0.3 is 0 Å². The third-order valence-corrected chi connectivity index (χ3v) is 5.70. The third kappa shape index (κ3) is 3.09. The number of benzene rings is 1. The first kappa shape index (κ1) is 15.6. The number of rotatable bonds is 4. The molecule has 1 aliphatic rings. The average Bonchev–Trinajstić information content (AvgIpc) is 2.87. The molecule has 3 rings (SSSR count). The lowest BCUT2D eigenvalue weighted by Crippen LogP contribution is -2.22. The number of aromatic nitrogens is 2. The number of alkyl halides is 1. The van der Waals surface area contributed by atoms with E-state index in [0.717, 1.165) is 23.7 Å². The van der Waals surface area contributed by atoms with E-state index >= 15 is 0 Å². The molecule has 1 aliphatic carbocycles. The summed E-state index contributed by atoms with van der Waals surface area (Å²) in [5, 5.41) is 0. The Morgan fingerprint density at radius 3 is 2.76 bits per heavy atom. The van der Waals surface area contributed by atoms with Gasteiger partial charge in [0.05, 0.1) is 16.9 Å². The van der Waals surface area contributed by atoms with E-state index in [1.165, 1.54) is 41.2 Å². The summed E-state index contributed by atoms with van der Waals surface area (Å²) in [6, 6.07) is 7.10. The Labute approximate surface area is 145 Å². The van der Waals surface area contributed by atoms with E-state index in [0.29, 0.717) is 11.9 Å². The van der Waals surface area contributed by atoms with Crippen LogP contribution < -0.4 is 0 Å². The minimum Gasteiger partial charge on any atom is -0.324 e. The van der Waals surface area contributed by atoms with Crippen LogP contribution in [0.5, 0.6) is 0 Å². The fourth-order valence-electron chi connectivity index (χ4n) is 3.83. The maximum absolute atomic E-state index is 6.20. The molecule has 0 amide bonds. The highest BCUT2D eigenvalue weighted by molar-refractivity contribution is 14.1. The molecular formula is C17H22ClIN2. The number of imidazole rings is 1. The quantitative estimate of drug-likeness (QED) is 0.447. The Morgan fingerprint density at radius 2 is 2.10 bits per heavy atom. The van der Waals surface area contributed by atoms with E-state index < -0.39 is 0 Å². The first-order valence-corrected chi connectivity index (χ1v) is 9.58. The molecule has 0 bridgehead atoms. The van der Waals surface area contributed by atoms with Crippen molar-refractivity contribution in [3.63, 3.8) is 0 Å². The molecule has 1 heterocycles. The Kier molecular flexibility index (Phi) is 5.10. The highest BCUT2D eigenvalue weighted by atomic mass is 127. The Bertz CT molecular complexity index is 617. The Morgan fingerprint density at radius 1 is 1.33 bits per heavy atom. The molecule has 1 saturated carbocycles. The molecule has 0 radical (unpaired) electrons. The van der Waals surface area contributed by atoms with E-state index in [9.17, 15) is 0 Å². The fourth-order valence-corrected chi connectivity index (χ4v) is 4.50. The molecule has 0 aliphatic heterocycles. The van der Waals surface area contributed by atoms with Crippen LogP contribution in [0, 0.1) is 9.49 Å². The van der Waals surface area contributed by atoms with Crippen LogP contribution >= 0.6 is 34.2 Å². The van der Waals surface area contributed by atoms with Gasteiger partial charge in [-0.15, -0.1) is 11.6 Å². The van der Waals surface area contributed by atoms with Crippen molar-refractivity contribution in [2.75, 3.05) is 0 Å². The van der Waals surface area contributed by atoms with E-state index in [2.05, 4.69) is 52.3 Å². The van der Waals surface area contributed by atoms with Crippen molar-refractivity contribution in [2.24, 2.45) is 5.92 Å². The summed E-state index contributed by atoms with van der Waals surface area (Å²) in [5.41, 5.74) is 2.34. The lowest BCUT2D eigenvalue weighted by Gasteiger charge is -2.32. The number of hydrogen-bond acceptors (Lipinski definition) is 1. The smallest absolute Gasteiger partial charge is 0.125 e. The van der Waals surface area contributed by atoms with Gasteiger partial charge in [0, 0.05) is 9.61 Å². The monoisotopic (exact) mass is 416 g/mol. The van der Waals surface area contributed by atoms with Gasteiger partial charge in [-0.05, 0) is 66.0 Å². The lowest BCUT2D eigenvalue weighted by molar-refractivity contribution is 0.244. The van der Waals surface area contributed by atoms with E-state index in [1.54, 1.807) is 0 Å². The molecule has 0 N–H and O–H groups in total. The molecule has 1 fully saturated rings. The van der Waals surface area contributed by atoms with E-state index in [1.807, 2.05) is 0 Å². The molecule has 1 aromatic heterocycles. The van der Waals surface area contributed by atoms with E-state index in [-0.39, 0.29) is 0 Å². The van der Waals surface area contributed by atoms with Crippen molar-refractivity contribution in [3.8, 4) is 0 Å². The van der Waals surface area contributed by atoms with Crippen molar-refractivity contribution >= 4 is 45.2 Å². The SMILES string of the molecule is CCC(C1CCCCC1)n1c(CCl)nc2cc(I)ccc21. The van der Waals surface area contributed by atoms with Gasteiger partial charge in [0.2, 0.25) is 0 Å². The maximum atomic E-state index is 6.20. The van der Waals surface area contributed by atoms with Crippen LogP contribution in [0.1, 0.15) is 57.3 Å². The van der Waals surface area contributed by atoms with Crippen LogP contribution in [0.3, 0.4) is 0 Å². The molecule has 1 atom stereocenters. The zero-order chi connectivity index (χ0) is 14.8. The summed E-state index contributed by atoms with van der Waals surface area (Å²) < 4.78 is 3.67. The molecule has 2 nitrogen and oxygen atoms in total. The number of fused-ring (bicyclic) bond motifs is 1. The van der Waals surface area contributed by atoms with Crippen molar-refractivity contribution in [2.45, 2.75) is 57.4 Å². The van der Waals surface area contributed by atoms with Crippen molar-refractivity contribution in [1.82, 2.24) is 9.55 Å². The number of halogens is 2. The molecule has 114 valence electrons. The zero-order valence-electron chi connectivity index (χ0n) is 12.5. The minimum atomic E-state index is 0.495. The van der Waals surface area contributed by atoms with Gasteiger partial charge in [0.1, 0.15) is 5.82 Å². The summed E-state index contributed by atoms with van der Waals surface area (Å²) in [5.74, 6) is 2.31. The molecule has 0 saturated heterocycles. The fraction of sp³-hybridized carbons (Fsp3) is 0.588. The molecule has 21 heavy (non-hydrogen) atoms. The highest BCUT2D eigenvalue weighted by Gasteiger charge is 2.26. The van der Waals surface area contributed by atoms with Crippen LogP contribution in [0.15, 0.2) is 18.2 Å². The summed E-state index contributed by atoms with van der Waals surface area (Å²) in [6.07, 6.45) is 8.02. The minimum absolute atomic E-state index is 0.495. The van der Waals surface area contributed by atoms with Crippen LogP contribution in [0.4, 0.5) is 0 Å². The molecule has 0 spiro atoms. The largest absolute Gasteiger partial charge is 0.324 e. The molecule has 1 unspecified atom stereocenters. The summed E-state index contributed by atoms with van der Waals surface area (Å²) >= 11 is 8.55. The standard InChI is InChI=1S/C17H22ClIN2/c1-2-15(12-6-4-3-5-7-12)21-16-9-8-13(19)10-14(16)20-17(21)11-18/h8-10,12,15H,2-7,11H2,1H3. The predicted octanol–water partition coefficient (Wildman–Crippen LogP) is 5.91. The molecule has 2 aromatic rings. The zero-order valence-corrected chi connectivity index (χ0v) is 15.4. The number of nitrogens with zero attached hydrogens (tertiary/aromatic N) is 2. The first-order chi connectivity index (χ1) is 10.2. The molecule has 4 heteroatoms. The second-order valence-corrected chi connectivity index (χ2v) is 7.55. The predicted molar refractivity (Wildman–Crippen MR) is 97.9 cm³/mol. The summed E-state index contributed by atoms with van der Waals surface area (Å²) in [4.78, 5) is 4.78.